The number of hydrogen-bond acceptors (Lipinski definition) is 2. The third kappa shape index (κ3) is 1.72. The molecule has 0 aromatic heterocycles. The maximum absolute atomic E-state index is 12.5. The number of fused-ring (bicyclic) bond motifs is 2. The van der Waals surface area contributed by atoms with E-state index in [9.17, 15) is 5.11 Å². The lowest BCUT2D eigenvalue weighted by Crippen LogP contribution is -2.49. The summed E-state index contributed by atoms with van der Waals surface area (Å²) in [5.74, 6) is 0.525. The van der Waals surface area contributed by atoms with Gasteiger partial charge >= 0.3 is 0 Å². The van der Waals surface area contributed by atoms with Crippen molar-refractivity contribution < 1.29 is 14.3 Å². The molecule has 4 rings (SSSR count). The maximum Gasteiger partial charge on any atom is 0.119 e. The molecule has 2 aromatic carbocycles. The first-order valence-electron chi connectivity index (χ1n) is 7.84. The van der Waals surface area contributed by atoms with Crippen molar-refractivity contribution in [1.29, 1.82) is 0 Å². The summed E-state index contributed by atoms with van der Waals surface area (Å²) in [4.78, 5) is 0. The Bertz CT molecular complexity index is 764. The van der Waals surface area contributed by atoms with Crippen molar-refractivity contribution in [2.45, 2.75) is 18.9 Å². The van der Waals surface area contributed by atoms with Gasteiger partial charge in [-0.25, -0.2) is 0 Å². The van der Waals surface area contributed by atoms with Gasteiger partial charge in [-0.15, -0.1) is 0 Å². The predicted molar refractivity (Wildman–Crippen MR) is 85.0 cm³/mol. The van der Waals surface area contributed by atoms with Crippen LogP contribution in [0.1, 0.15) is 22.7 Å². The van der Waals surface area contributed by atoms with Crippen LogP contribution in [0.3, 0.4) is 0 Å². The van der Waals surface area contributed by atoms with Gasteiger partial charge in [-0.05, 0) is 16.7 Å². The summed E-state index contributed by atoms with van der Waals surface area (Å²) in [6.45, 7) is 1.07. The zero-order valence-corrected chi connectivity index (χ0v) is 13.3. The second-order valence-corrected chi connectivity index (χ2v) is 6.99. The second-order valence-electron chi connectivity index (χ2n) is 6.99. The molecule has 0 saturated carbocycles. The van der Waals surface area contributed by atoms with E-state index in [1.54, 1.807) is 13.2 Å². The van der Waals surface area contributed by atoms with Crippen LogP contribution in [-0.2, 0) is 12.8 Å². The number of likely N-dealkylation sites (N-methyl/N-ethyl adjacent to an activating group) is 1. The highest BCUT2D eigenvalue weighted by atomic mass is 16.5. The standard InChI is InChI=1S/C19H21NO2/c1-20(2)9-8-13-11-16(21)19(22-3)18-14-7-5-4-6-12(14)10-15(20)17(13)18/h4-7,11,15H,8-10H2,1-3H3/t15-/m1/s1. The average molecular weight is 295 g/mol. The van der Waals surface area contributed by atoms with Gasteiger partial charge in [0.1, 0.15) is 11.8 Å². The van der Waals surface area contributed by atoms with Gasteiger partial charge in [-0.1, -0.05) is 36.1 Å². The van der Waals surface area contributed by atoms with E-state index >= 15 is 0 Å². The summed E-state index contributed by atoms with van der Waals surface area (Å²) in [6.07, 6.45) is 2.00. The molecule has 0 saturated heterocycles. The van der Waals surface area contributed by atoms with Crippen LogP contribution in [0.15, 0.2) is 30.3 Å². The molecule has 0 unspecified atom stereocenters. The average Bonchev–Trinajstić information content (AvgIpc) is 2.50. The van der Waals surface area contributed by atoms with Gasteiger partial charge < -0.3 is 14.3 Å². The second kappa shape index (κ2) is 4.50. The van der Waals surface area contributed by atoms with E-state index in [0.717, 1.165) is 29.4 Å². The van der Waals surface area contributed by atoms with Gasteiger partial charge in [0.15, 0.2) is 0 Å². The fourth-order valence-electron chi connectivity index (χ4n) is 4.18. The minimum Gasteiger partial charge on any atom is -0.870 e. The zero-order valence-electron chi connectivity index (χ0n) is 13.3. The van der Waals surface area contributed by atoms with Crippen molar-refractivity contribution in [3.8, 4) is 22.6 Å². The van der Waals surface area contributed by atoms with E-state index in [1.807, 2.05) is 6.07 Å². The van der Waals surface area contributed by atoms with Gasteiger partial charge in [-0.3, -0.25) is 0 Å². The van der Waals surface area contributed by atoms with E-state index in [0.29, 0.717) is 11.8 Å². The summed E-state index contributed by atoms with van der Waals surface area (Å²) in [7, 11) is 6.19. The zero-order chi connectivity index (χ0) is 15.5. The van der Waals surface area contributed by atoms with E-state index in [1.165, 1.54) is 22.3 Å². The minimum atomic E-state index is 0.0129. The highest BCUT2D eigenvalue weighted by Crippen LogP contribution is 2.52. The quantitative estimate of drug-likeness (QED) is 0.758. The molecular weight excluding hydrogens is 274 g/mol. The number of ether oxygens (including phenoxy) is 1. The number of nitrogens with zero attached hydrogens (tertiary/aromatic N) is 1. The summed E-state index contributed by atoms with van der Waals surface area (Å²) < 4.78 is 6.49. The van der Waals surface area contributed by atoms with Crippen LogP contribution in [0.4, 0.5) is 0 Å². The van der Waals surface area contributed by atoms with Crippen LogP contribution in [0.2, 0.25) is 0 Å². The molecule has 0 bridgehead atoms. The molecule has 3 heteroatoms. The number of methoxy groups -OCH3 is 1. The molecule has 1 atom stereocenters. The van der Waals surface area contributed by atoms with Crippen molar-refractivity contribution in [2.24, 2.45) is 0 Å². The number of quaternary nitrogens is 1. The Labute approximate surface area is 131 Å². The molecule has 22 heavy (non-hydrogen) atoms. The first kappa shape index (κ1) is 13.6. The molecule has 3 nitrogen and oxygen atoms in total. The molecule has 0 N–H and O–H groups in total. The topological polar surface area (TPSA) is 32.3 Å². The van der Waals surface area contributed by atoms with Crippen molar-refractivity contribution in [1.82, 2.24) is 0 Å². The number of rotatable bonds is 1. The summed E-state index contributed by atoms with van der Waals surface area (Å²) in [5, 5.41) is 12.5. The molecular formula is C19H21NO2. The third-order valence-electron chi connectivity index (χ3n) is 5.41. The Kier molecular flexibility index (Phi) is 2.79. The molecule has 2 aliphatic rings. The molecule has 0 fully saturated rings. The lowest BCUT2D eigenvalue weighted by Gasteiger charge is -2.46. The molecule has 1 heterocycles. The lowest BCUT2D eigenvalue weighted by molar-refractivity contribution is -0.923. The Morgan fingerprint density at radius 3 is 2.73 bits per heavy atom. The van der Waals surface area contributed by atoms with Crippen LogP contribution in [-0.4, -0.2) is 32.2 Å². The number of benzene rings is 2. The first-order valence-corrected chi connectivity index (χ1v) is 7.84. The van der Waals surface area contributed by atoms with Crippen LogP contribution < -0.4 is 9.84 Å². The largest absolute Gasteiger partial charge is 0.870 e. The molecule has 2 aromatic rings. The van der Waals surface area contributed by atoms with Crippen molar-refractivity contribution in [3.63, 3.8) is 0 Å². The molecule has 0 amide bonds. The van der Waals surface area contributed by atoms with Crippen LogP contribution in [0, 0.1) is 0 Å². The predicted octanol–water partition coefficient (Wildman–Crippen LogP) is 2.67. The van der Waals surface area contributed by atoms with Crippen molar-refractivity contribution in [2.75, 3.05) is 27.7 Å². The molecule has 0 spiro atoms. The Hall–Kier alpha value is -2.00. The summed E-state index contributed by atoms with van der Waals surface area (Å²) in [6, 6.07) is 10.6. The normalized spacial score (nSPS) is 21.0. The first-order chi connectivity index (χ1) is 10.5. The number of hydrogen-bond donors (Lipinski definition) is 0. The molecule has 114 valence electrons. The SMILES string of the molecule is COc1c([O-])cc2c3c1-c1ccccc1C[C@H]3[N+](C)(C)CC2. The monoisotopic (exact) mass is 295 g/mol. The fourth-order valence-corrected chi connectivity index (χ4v) is 4.18. The van der Waals surface area contributed by atoms with E-state index in [2.05, 4.69) is 32.3 Å². The van der Waals surface area contributed by atoms with Crippen molar-refractivity contribution >= 4 is 0 Å². The Morgan fingerprint density at radius 1 is 1.18 bits per heavy atom. The lowest BCUT2D eigenvalue weighted by atomic mass is 9.75. The Balaban J connectivity index is 2.11. The van der Waals surface area contributed by atoms with E-state index in [-0.39, 0.29) is 5.75 Å². The van der Waals surface area contributed by atoms with Crippen molar-refractivity contribution in [3.05, 3.63) is 47.0 Å². The maximum atomic E-state index is 12.5. The molecule has 1 aliphatic carbocycles. The van der Waals surface area contributed by atoms with Gasteiger partial charge in [0, 0.05) is 24.0 Å². The van der Waals surface area contributed by atoms with E-state index in [4.69, 9.17) is 4.74 Å². The highest BCUT2D eigenvalue weighted by Gasteiger charge is 2.42. The van der Waals surface area contributed by atoms with Crippen LogP contribution >= 0.6 is 0 Å². The fraction of sp³-hybridized carbons (Fsp3) is 0.368. The van der Waals surface area contributed by atoms with Gasteiger partial charge in [0.05, 0.1) is 27.7 Å². The third-order valence-corrected chi connectivity index (χ3v) is 5.41. The van der Waals surface area contributed by atoms with Gasteiger partial charge in [0.25, 0.3) is 0 Å². The summed E-state index contributed by atoms with van der Waals surface area (Å²) in [5.41, 5.74) is 6.10. The molecule has 0 radical (unpaired) electrons. The van der Waals surface area contributed by atoms with E-state index < -0.39 is 0 Å². The van der Waals surface area contributed by atoms with Gasteiger partial charge in [-0.2, -0.15) is 0 Å². The molecule has 1 aliphatic heterocycles. The van der Waals surface area contributed by atoms with Gasteiger partial charge in [0.2, 0.25) is 0 Å². The summed E-state index contributed by atoms with van der Waals surface area (Å²) >= 11 is 0. The van der Waals surface area contributed by atoms with Crippen LogP contribution in [0.5, 0.6) is 11.5 Å². The smallest absolute Gasteiger partial charge is 0.119 e. The Morgan fingerprint density at radius 2 is 1.95 bits per heavy atom. The minimum absolute atomic E-state index is 0.0129. The highest BCUT2D eigenvalue weighted by molar-refractivity contribution is 5.82. The van der Waals surface area contributed by atoms with Crippen LogP contribution in [0.25, 0.3) is 11.1 Å².